The lowest BCUT2D eigenvalue weighted by atomic mass is 10.1. The van der Waals surface area contributed by atoms with Crippen LogP contribution in [0.2, 0.25) is 0 Å². The average Bonchev–Trinajstić information content (AvgIpc) is 3.24. The fraction of sp³-hybridized carbons (Fsp3) is 0.115. The first-order valence-corrected chi connectivity index (χ1v) is 11.3. The summed E-state index contributed by atoms with van der Waals surface area (Å²) in [6.07, 6.45) is 0.577. The molecule has 0 aliphatic carbocycles. The van der Waals surface area contributed by atoms with E-state index < -0.39 is 11.6 Å². The summed E-state index contributed by atoms with van der Waals surface area (Å²) in [7, 11) is 0. The smallest absolute Gasteiger partial charge is 0.264 e. The largest absolute Gasteiger partial charge is 0.504 e. The Kier molecular flexibility index (Phi) is 5.48. The Morgan fingerprint density at radius 2 is 1.73 bits per heavy atom. The number of hydrogen-bond donors (Lipinski definition) is 1. The molecule has 0 radical (unpaired) electrons. The number of nitrogens with zero attached hydrogens (tertiary/aromatic N) is 3. The lowest BCUT2D eigenvalue weighted by molar-refractivity contribution is 0.433. The van der Waals surface area contributed by atoms with Crippen molar-refractivity contribution in [1.29, 1.82) is 0 Å². The highest BCUT2D eigenvalue weighted by Gasteiger charge is 2.22. The van der Waals surface area contributed by atoms with Gasteiger partial charge in [0.1, 0.15) is 10.8 Å². The second-order valence-electron chi connectivity index (χ2n) is 7.71. The summed E-state index contributed by atoms with van der Waals surface area (Å²) in [5, 5.41) is 11.0. The van der Waals surface area contributed by atoms with Gasteiger partial charge in [-0.3, -0.25) is 9.36 Å². The Bertz CT molecular complexity index is 1490. The predicted molar refractivity (Wildman–Crippen MR) is 129 cm³/mol. The summed E-state index contributed by atoms with van der Waals surface area (Å²) >= 11 is 1.44. The van der Waals surface area contributed by atoms with Crippen molar-refractivity contribution in [2.75, 3.05) is 0 Å². The molecule has 0 unspecified atom stereocenters. The second-order valence-corrected chi connectivity index (χ2v) is 8.74. The molecule has 33 heavy (non-hydrogen) atoms. The molecule has 0 atom stereocenters. The van der Waals surface area contributed by atoms with E-state index in [9.17, 15) is 14.3 Å². The van der Waals surface area contributed by atoms with Crippen molar-refractivity contribution in [1.82, 2.24) is 14.5 Å². The average molecular weight is 458 g/mol. The molecule has 164 valence electrons. The maximum absolute atomic E-state index is 14.1. The number of hydrogen-bond acceptors (Lipinski definition) is 5. The van der Waals surface area contributed by atoms with E-state index in [0.29, 0.717) is 29.2 Å². The third kappa shape index (κ3) is 3.91. The first-order valence-electron chi connectivity index (χ1n) is 10.5. The Morgan fingerprint density at radius 1 is 0.970 bits per heavy atom. The van der Waals surface area contributed by atoms with Crippen molar-refractivity contribution in [3.63, 3.8) is 0 Å². The normalized spacial score (nSPS) is 11.2. The third-order valence-electron chi connectivity index (χ3n) is 5.55. The van der Waals surface area contributed by atoms with Gasteiger partial charge in [0.25, 0.3) is 5.56 Å². The number of aromatic hydroxyl groups is 1. The van der Waals surface area contributed by atoms with Crippen LogP contribution in [-0.2, 0) is 13.0 Å². The number of para-hydroxylation sites is 2. The van der Waals surface area contributed by atoms with Gasteiger partial charge in [-0.15, -0.1) is 11.3 Å². The van der Waals surface area contributed by atoms with E-state index in [0.717, 1.165) is 15.8 Å². The molecule has 0 aliphatic rings. The van der Waals surface area contributed by atoms with E-state index in [-0.39, 0.29) is 16.9 Å². The number of aromatic nitrogens is 3. The minimum absolute atomic E-state index is 0.180. The Morgan fingerprint density at radius 3 is 2.52 bits per heavy atom. The van der Waals surface area contributed by atoms with Crippen LogP contribution in [0.15, 0.2) is 77.6 Å². The van der Waals surface area contributed by atoms with Crippen LogP contribution < -0.4 is 5.56 Å². The summed E-state index contributed by atoms with van der Waals surface area (Å²) in [5.74, 6) is -1.05. The highest BCUT2D eigenvalue weighted by molar-refractivity contribution is 7.21. The van der Waals surface area contributed by atoms with Crippen LogP contribution in [0.3, 0.4) is 0 Å². The number of phenolic OH excluding ortho intramolecular Hbond substituents is 1. The molecule has 7 heteroatoms. The number of aryl methyl sites for hydroxylation is 2. The fourth-order valence-electron chi connectivity index (χ4n) is 3.88. The van der Waals surface area contributed by atoms with E-state index >= 15 is 0 Å². The van der Waals surface area contributed by atoms with Gasteiger partial charge in [0.2, 0.25) is 0 Å². The van der Waals surface area contributed by atoms with E-state index in [1.807, 2.05) is 54.6 Å². The lowest BCUT2D eigenvalue weighted by Gasteiger charge is -2.16. The quantitative estimate of drug-likeness (QED) is 0.374. The van der Waals surface area contributed by atoms with Crippen molar-refractivity contribution in [2.24, 2.45) is 0 Å². The standard InChI is InChI=1S/C26H20FN3O2S/c1-16-22(25-29-20-12-5-6-13-21(20)33-25)26(32)30(15-14-17-8-3-2-4-9-17)24(28-16)18-10-7-11-19(27)23(18)31/h2-13,31H,14-15H2,1H3. The van der Waals surface area contributed by atoms with Crippen LogP contribution >= 0.6 is 11.3 Å². The van der Waals surface area contributed by atoms with Gasteiger partial charge in [0.05, 0.1) is 27.0 Å². The molecule has 0 saturated carbocycles. The van der Waals surface area contributed by atoms with Crippen molar-refractivity contribution in [3.8, 4) is 27.7 Å². The topological polar surface area (TPSA) is 68.0 Å². The van der Waals surface area contributed by atoms with Gasteiger partial charge in [-0.05, 0) is 43.2 Å². The number of thiazole rings is 1. The summed E-state index contributed by atoms with van der Waals surface area (Å²) in [4.78, 5) is 23.1. The fourth-order valence-corrected chi connectivity index (χ4v) is 4.94. The molecule has 3 aromatic carbocycles. The molecular weight excluding hydrogens is 437 g/mol. The van der Waals surface area contributed by atoms with Gasteiger partial charge in [-0.1, -0.05) is 48.5 Å². The molecule has 0 spiro atoms. The summed E-state index contributed by atoms with van der Waals surface area (Å²) in [6, 6.07) is 21.7. The molecule has 1 N–H and O–H groups in total. The zero-order valence-corrected chi connectivity index (χ0v) is 18.6. The van der Waals surface area contributed by atoms with E-state index in [1.54, 1.807) is 13.0 Å². The monoisotopic (exact) mass is 457 g/mol. The molecule has 5 aromatic rings. The Balaban J connectivity index is 1.70. The second kappa shape index (κ2) is 8.60. The van der Waals surface area contributed by atoms with Crippen LogP contribution in [0, 0.1) is 12.7 Å². The first kappa shape index (κ1) is 21.0. The molecule has 0 saturated heterocycles. The van der Waals surface area contributed by atoms with Crippen molar-refractivity contribution >= 4 is 21.6 Å². The van der Waals surface area contributed by atoms with Gasteiger partial charge in [0.15, 0.2) is 11.6 Å². The number of rotatable bonds is 5. The Labute approximate surface area is 193 Å². The van der Waals surface area contributed by atoms with E-state index in [2.05, 4.69) is 9.97 Å². The first-order chi connectivity index (χ1) is 16.0. The number of phenols is 1. The summed E-state index contributed by atoms with van der Waals surface area (Å²) in [5.41, 5.74) is 2.69. The molecule has 2 aromatic heterocycles. The van der Waals surface area contributed by atoms with Gasteiger partial charge < -0.3 is 5.11 Å². The molecule has 0 bridgehead atoms. The minimum atomic E-state index is -0.760. The van der Waals surface area contributed by atoms with Gasteiger partial charge in [0, 0.05) is 6.54 Å². The molecular formula is C26H20FN3O2S. The minimum Gasteiger partial charge on any atom is -0.504 e. The molecule has 2 heterocycles. The van der Waals surface area contributed by atoms with Crippen LogP contribution in [-0.4, -0.2) is 19.6 Å². The highest BCUT2D eigenvalue weighted by atomic mass is 32.1. The van der Waals surface area contributed by atoms with Gasteiger partial charge in [-0.2, -0.15) is 0 Å². The maximum Gasteiger partial charge on any atom is 0.264 e. The highest BCUT2D eigenvalue weighted by Crippen LogP contribution is 2.33. The molecule has 5 rings (SSSR count). The third-order valence-corrected chi connectivity index (χ3v) is 6.61. The molecule has 0 fully saturated rings. The summed E-state index contributed by atoms with van der Waals surface area (Å²) < 4.78 is 16.6. The SMILES string of the molecule is Cc1nc(-c2cccc(F)c2O)n(CCc2ccccc2)c(=O)c1-c1nc2ccccc2s1. The Hall–Kier alpha value is -3.84. The number of fused-ring (bicyclic) bond motifs is 1. The molecule has 0 amide bonds. The van der Waals surface area contributed by atoms with Crippen LogP contribution in [0.5, 0.6) is 5.75 Å². The van der Waals surface area contributed by atoms with E-state index in [4.69, 9.17) is 0 Å². The van der Waals surface area contributed by atoms with Crippen molar-refractivity contribution < 1.29 is 9.50 Å². The zero-order valence-electron chi connectivity index (χ0n) is 17.8. The maximum atomic E-state index is 14.1. The zero-order chi connectivity index (χ0) is 22.9. The molecule has 5 nitrogen and oxygen atoms in total. The predicted octanol–water partition coefficient (Wildman–Crippen LogP) is 5.58. The summed E-state index contributed by atoms with van der Waals surface area (Å²) in [6.45, 7) is 2.06. The number of benzene rings is 3. The van der Waals surface area contributed by atoms with Gasteiger partial charge >= 0.3 is 0 Å². The molecule has 0 aliphatic heterocycles. The van der Waals surface area contributed by atoms with Crippen molar-refractivity contribution in [2.45, 2.75) is 19.9 Å². The lowest BCUT2D eigenvalue weighted by Crippen LogP contribution is -2.27. The van der Waals surface area contributed by atoms with Crippen LogP contribution in [0.25, 0.3) is 32.2 Å². The van der Waals surface area contributed by atoms with Crippen molar-refractivity contribution in [3.05, 3.63) is 100 Å². The number of halogens is 1. The van der Waals surface area contributed by atoms with E-state index in [1.165, 1.54) is 28.0 Å². The van der Waals surface area contributed by atoms with Crippen LogP contribution in [0.4, 0.5) is 4.39 Å². The van der Waals surface area contributed by atoms with Gasteiger partial charge in [-0.25, -0.2) is 14.4 Å². The van der Waals surface area contributed by atoms with Crippen LogP contribution in [0.1, 0.15) is 11.3 Å².